The lowest BCUT2D eigenvalue weighted by molar-refractivity contribution is -0.139. The number of nitrogens with zero attached hydrogens (tertiary/aromatic N) is 1. The molecule has 40 heavy (non-hydrogen) atoms. The zero-order valence-electron chi connectivity index (χ0n) is 21.6. The minimum absolute atomic E-state index is 0.00143. The lowest BCUT2D eigenvalue weighted by Crippen LogP contribution is -2.42. The molecule has 0 saturated carbocycles. The highest BCUT2D eigenvalue weighted by Gasteiger charge is 2.29. The summed E-state index contributed by atoms with van der Waals surface area (Å²) in [6, 6.07) is 15.8. The maximum absolute atomic E-state index is 13.1. The van der Waals surface area contributed by atoms with Gasteiger partial charge in [0, 0.05) is 42.3 Å². The number of hydrogen-bond donors (Lipinski definition) is 4. The van der Waals surface area contributed by atoms with E-state index in [1.54, 1.807) is 24.3 Å². The van der Waals surface area contributed by atoms with Gasteiger partial charge in [0.05, 0.1) is 5.75 Å². The van der Waals surface area contributed by atoms with Gasteiger partial charge in [-0.1, -0.05) is 30.3 Å². The van der Waals surface area contributed by atoms with E-state index in [2.05, 4.69) is 10.6 Å². The zero-order chi connectivity index (χ0) is 28.9. The number of carbonyl (C=O) groups is 3. The molecule has 13 heteroatoms. The molecule has 11 nitrogen and oxygen atoms in total. The highest BCUT2D eigenvalue weighted by Crippen LogP contribution is 2.37. The average molecular weight is 588 g/mol. The molecular formula is C27H29N3O8S2. The van der Waals surface area contributed by atoms with Crippen LogP contribution < -0.4 is 15.4 Å². The highest BCUT2D eigenvalue weighted by atomic mass is 32.2. The third-order valence-electron chi connectivity index (χ3n) is 6.27. The van der Waals surface area contributed by atoms with Crippen molar-refractivity contribution in [2.24, 2.45) is 0 Å². The quantitative estimate of drug-likeness (QED) is 0.260. The Balaban J connectivity index is 1.39. The fourth-order valence-electron chi connectivity index (χ4n) is 4.43. The number of sulfonamides is 1. The van der Waals surface area contributed by atoms with Crippen molar-refractivity contribution >= 4 is 50.6 Å². The summed E-state index contributed by atoms with van der Waals surface area (Å²) in [4.78, 5) is 34.5. The van der Waals surface area contributed by atoms with Crippen molar-refractivity contribution in [1.29, 1.82) is 0 Å². The van der Waals surface area contributed by atoms with Crippen molar-refractivity contribution in [3.63, 3.8) is 0 Å². The van der Waals surface area contributed by atoms with Crippen molar-refractivity contribution in [1.82, 2.24) is 4.31 Å². The van der Waals surface area contributed by atoms with Crippen molar-refractivity contribution < 1.29 is 37.8 Å². The number of hydrogen-bond acceptors (Lipinski definition) is 8. The Hall–Kier alpha value is -3.94. The van der Waals surface area contributed by atoms with E-state index in [9.17, 15) is 27.9 Å². The number of rotatable bonds is 11. The molecule has 1 saturated heterocycles. The number of carboxylic acid groups (broad SMARTS) is 2. The maximum Gasteiger partial charge on any atom is 0.349 e. The first-order chi connectivity index (χ1) is 19.0. The number of aliphatic carboxylic acids is 1. The van der Waals surface area contributed by atoms with Crippen LogP contribution in [0.2, 0.25) is 0 Å². The van der Waals surface area contributed by atoms with Gasteiger partial charge in [-0.05, 0) is 48.2 Å². The molecule has 1 fully saturated rings. The van der Waals surface area contributed by atoms with E-state index in [1.807, 2.05) is 24.3 Å². The summed E-state index contributed by atoms with van der Waals surface area (Å²) in [5, 5.41) is 24.5. The molecule has 1 aromatic heterocycles. The largest absolute Gasteiger partial charge is 0.480 e. The van der Waals surface area contributed by atoms with E-state index in [1.165, 1.54) is 17.3 Å². The number of piperidine rings is 1. The SMILES string of the molecule is CC(=O)Nc1ccccc1CS(=O)(=O)N1CCC(Nc2cccc(-c3cc(OCC(=O)O)c(C(=O)O)s3)c2)CC1. The fourth-order valence-corrected chi connectivity index (χ4v) is 6.97. The van der Waals surface area contributed by atoms with Gasteiger partial charge in [0.2, 0.25) is 15.9 Å². The van der Waals surface area contributed by atoms with E-state index in [0.29, 0.717) is 42.1 Å². The number of amides is 1. The van der Waals surface area contributed by atoms with E-state index < -0.39 is 28.6 Å². The second kappa shape index (κ2) is 12.5. The van der Waals surface area contributed by atoms with Crippen LogP contribution in [0.1, 0.15) is 35.0 Å². The van der Waals surface area contributed by atoms with Crippen LogP contribution in [0, 0.1) is 0 Å². The summed E-state index contributed by atoms with van der Waals surface area (Å²) in [6.45, 7) is 1.42. The predicted molar refractivity (Wildman–Crippen MR) is 151 cm³/mol. The molecule has 4 N–H and O–H groups in total. The van der Waals surface area contributed by atoms with Crippen LogP contribution in [0.4, 0.5) is 11.4 Å². The summed E-state index contributed by atoms with van der Waals surface area (Å²) in [5.41, 5.74) is 2.55. The normalized spacial score (nSPS) is 14.4. The van der Waals surface area contributed by atoms with E-state index >= 15 is 0 Å². The molecule has 0 bridgehead atoms. The molecule has 2 aromatic carbocycles. The Morgan fingerprint density at radius 1 is 1.05 bits per heavy atom. The van der Waals surface area contributed by atoms with Gasteiger partial charge in [-0.2, -0.15) is 0 Å². The highest BCUT2D eigenvalue weighted by molar-refractivity contribution is 7.88. The minimum atomic E-state index is -3.59. The molecule has 4 rings (SSSR count). The molecule has 212 valence electrons. The summed E-state index contributed by atoms with van der Waals surface area (Å²) < 4.78 is 32.9. The number of carbonyl (C=O) groups excluding carboxylic acids is 1. The Kier molecular flexibility index (Phi) is 9.07. The van der Waals surface area contributed by atoms with Crippen LogP contribution in [0.25, 0.3) is 10.4 Å². The first-order valence-electron chi connectivity index (χ1n) is 12.4. The molecule has 1 aliphatic rings. The van der Waals surface area contributed by atoms with Gasteiger partial charge in [-0.25, -0.2) is 22.3 Å². The minimum Gasteiger partial charge on any atom is -0.480 e. The van der Waals surface area contributed by atoms with Gasteiger partial charge in [0.1, 0.15) is 5.75 Å². The Morgan fingerprint density at radius 3 is 2.45 bits per heavy atom. The third kappa shape index (κ3) is 7.37. The molecule has 2 heterocycles. The lowest BCUT2D eigenvalue weighted by atomic mass is 10.1. The number of para-hydroxylation sites is 1. The lowest BCUT2D eigenvalue weighted by Gasteiger charge is -2.32. The fraction of sp³-hybridized carbons (Fsp3) is 0.296. The van der Waals surface area contributed by atoms with Crippen LogP contribution >= 0.6 is 11.3 Å². The number of aromatic carboxylic acids is 1. The van der Waals surface area contributed by atoms with E-state index in [4.69, 9.17) is 9.84 Å². The smallest absolute Gasteiger partial charge is 0.349 e. The molecule has 0 spiro atoms. The number of anilines is 2. The summed E-state index contributed by atoms with van der Waals surface area (Å²) in [7, 11) is -3.59. The molecule has 0 radical (unpaired) electrons. The van der Waals surface area contributed by atoms with Gasteiger partial charge >= 0.3 is 11.9 Å². The zero-order valence-corrected chi connectivity index (χ0v) is 23.3. The molecule has 1 aliphatic heterocycles. The van der Waals surface area contributed by atoms with E-state index in [-0.39, 0.29) is 28.3 Å². The van der Waals surface area contributed by atoms with Crippen LogP contribution in [0.5, 0.6) is 5.75 Å². The summed E-state index contributed by atoms with van der Waals surface area (Å²) >= 11 is 0.993. The first-order valence-corrected chi connectivity index (χ1v) is 14.9. The van der Waals surface area contributed by atoms with Crippen LogP contribution in [-0.2, 0) is 25.4 Å². The number of nitrogens with one attached hydrogen (secondary N) is 2. The summed E-state index contributed by atoms with van der Waals surface area (Å²) in [6.07, 6.45) is 1.18. The number of benzene rings is 2. The predicted octanol–water partition coefficient (Wildman–Crippen LogP) is 3.94. The standard InChI is InChI=1S/C27H29N3O8S2/c1-17(31)28-22-8-3-2-5-19(22)16-40(36,37)30-11-9-20(10-12-30)29-21-7-4-6-18(13-21)24-14-23(38-15-25(32)33)26(39-24)27(34)35/h2-8,13-14,20,29H,9-12,15-16H2,1H3,(H,28,31)(H,32,33)(H,34,35). The van der Waals surface area contributed by atoms with Crippen molar-refractivity contribution in [2.45, 2.75) is 31.6 Å². The second-order valence-electron chi connectivity index (χ2n) is 9.28. The molecule has 1 amide bonds. The third-order valence-corrected chi connectivity index (χ3v) is 9.26. The summed E-state index contributed by atoms with van der Waals surface area (Å²) in [5.74, 6) is -2.88. The van der Waals surface area contributed by atoms with Crippen molar-refractivity contribution in [3.8, 4) is 16.2 Å². The molecule has 3 aromatic rings. The maximum atomic E-state index is 13.1. The number of carboxylic acids is 2. The monoisotopic (exact) mass is 587 g/mol. The number of ether oxygens (including phenoxy) is 1. The van der Waals surface area contributed by atoms with Gasteiger partial charge in [-0.15, -0.1) is 11.3 Å². The average Bonchev–Trinajstić information content (AvgIpc) is 3.34. The molecule has 0 aliphatic carbocycles. The Bertz CT molecular complexity index is 1510. The first kappa shape index (κ1) is 29.1. The van der Waals surface area contributed by atoms with Crippen LogP contribution in [0.3, 0.4) is 0 Å². The molecule has 0 atom stereocenters. The Labute approximate surface area is 235 Å². The topological polar surface area (TPSA) is 162 Å². The Morgan fingerprint density at radius 2 is 1.77 bits per heavy atom. The van der Waals surface area contributed by atoms with Crippen LogP contribution in [-0.4, -0.2) is 66.5 Å². The van der Waals surface area contributed by atoms with Crippen molar-refractivity contribution in [2.75, 3.05) is 30.3 Å². The van der Waals surface area contributed by atoms with Gasteiger partial charge in [-0.3, -0.25) is 4.79 Å². The molecular weight excluding hydrogens is 558 g/mol. The van der Waals surface area contributed by atoms with Gasteiger partial charge in [0.15, 0.2) is 11.5 Å². The van der Waals surface area contributed by atoms with Crippen LogP contribution in [0.15, 0.2) is 54.6 Å². The second-order valence-corrected chi connectivity index (χ2v) is 12.3. The van der Waals surface area contributed by atoms with Gasteiger partial charge < -0.3 is 25.6 Å². The number of thiophene rings is 1. The van der Waals surface area contributed by atoms with Crippen molar-refractivity contribution in [3.05, 3.63) is 65.0 Å². The molecule has 0 unspecified atom stereocenters. The van der Waals surface area contributed by atoms with E-state index in [0.717, 1.165) is 22.6 Å². The van der Waals surface area contributed by atoms with Gasteiger partial charge in [0.25, 0.3) is 0 Å².